The van der Waals surface area contributed by atoms with E-state index in [4.69, 9.17) is 14.6 Å². The average molecular weight is 510 g/mol. The molecule has 0 aliphatic rings. The monoisotopic (exact) mass is 509 g/mol. The predicted molar refractivity (Wildman–Crippen MR) is 148 cm³/mol. The number of nitrogens with one attached hydrogen (secondary N) is 1. The van der Waals surface area contributed by atoms with Crippen molar-refractivity contribution in [2.24, 2.45) is 0 Å². The van der Waals surface area contributed by atoms with Crippen LogP contribution in [0.5, 0.6) is 5.75 Å². The van der Waals surface area contributed by atoms with Gasteiger partial charge < -0.3 is 19.9 Å². The quantitative estimate of drug-likeness (QED) is 0.231. The number of rotatable bonds is 11. The van der Waals surface area contributed by atoms with Gasteiger partial charge in [-0.25, -0.2) is 4.79 Å². The van der Waals surface area contributed by atoms with Gasteiger partial charge in [0, 0.05) is 12.1 Å². The van der Waals surface area contributed by atoms with E-state index < -0.39 is 12.1 Å². The summed E-state index contributed by atoms with van der Waals surface area (Å²) in [4.78, 5) is 23.6. The van der Waals surface area contributed by atoms with E-state index in [1.807, 2.05) is 85.8 Å². The normalized spacial score (nSPS) is 10.6. The molecule has 38 heavy (non-hydrogen) atoms. The summed E-state index contributed by atoms with van der Waals surface area (Å²) in [6.07, 6.45) is 0.296. The van der Waals surface area contributed by atoms with Crippen molar-refractivity contribution in [1.29, 1.82) is 0 Å². The van der Waals surface area contributed by atoms with Gasteiger partial charge in [0.25, 0.3) is 0 Å². The number of carbonyl (C=O) groups is 2. The molecule has 0 aliphatic heterocycles. The zero-order chi connectivity index (χ0) is 26.7. The Kier molecular flexibility index (Phi) is 9.13. The van der Waals surface area contributed by atoms with Crippen LogP contribution in [0, 0.1) is 0 Å². The van der Waals surface area contributed by atoms with Gasteiger partial charge in [0.2, 0.25) is 0 Å². The van der Waals surface area contributed by atoms with E-state index in [1.165, 1.54) is 0 Å². The first-order valence-corrected chi connectivity index (χ1v) is 12.6. The topological polar surface area (TPSA) is 84.9 Å². The Morgan fingerprint density at radius 3 is 2.18 bits per heavy atom. The molecular weight excluding hydrogens is 478 g/mol. The molecule has 0 radical (unpaired) electrons. The van der Waals surface area contributed by atoms with Gasteiger partial charge in [-0.2, -0.15) is 0 Å². The Morgan fingerprint density at radius 1 is 0.763 bits per heavy atom. The van der Waals surface area contributed by atoms with Crippen LogP contribution < -0.4 is 10.1 Å². The standard InChI is InChI=1S/C32H31NO5/c1-2-17-37-30-16-15-28(27-10-6-7-24(18-27)19-31(34)35)20-29(30)21-33-32(36)38-22-23-11-13-26(14-12-23)25-8-4-3-5-9-25/h3-16,18,20H,2,17,19,21-22H2,1H3,(H,33,36)(H,34,35). The van der Waals surface area contributed by atoms with Crippen LogP contribution in [0.3, 0.4) is 0 Å². The van der Waals surface area contributed by atoms with Crippen LogP contribution >= 0.6 is 0 Å². The summed E-state index contributed by atoms with van der Waals surface area (Å²) in [5.41, 5.74) is 6.47. The van der Waals surface area contributed by atoms with Crippen molar-refractivity contribution < 1.29 is 24.2 Å². The number of carboxylic acids is 1. The zero-order valence-corrected chi connectivity index (χ0v) is 21.4. The molecule has 0 atom stereocenters. The fraction of sp³-hybridized carbons (Fsp3) is 0.188. The molecule has 6 heteroatoms. The Balaban J connectivity index is 1.39. The number of alkyl carbamates (subject to hydrolysis) is 1. The second-order valence-corrected chi connectivity index (χ2v) is 8.93. The Bertz CT molecular complexity index is 1370. The molecule has 4 aromatic rings. The van der Waals surface area contributed by atoms with Crippen LogP contribution in [-0.2, 0) is 29.1 Å². The smallest absolute Gasteiger partial charge is 0.407 e. The number of amides is 1. The van der Waals surface area contributed by atoms with E-state index in [0.29, 0.717) is 12.4 Å². The zero-order valence-electron chi connectivity index (χ0n) is 21.4. The number of carboxylic acid groups (broad SMARTS) is 1. The fourth-order valence-electron chi connectivity index (χ4n) is 4.08. The molecule has 0 unspecified atom stereocenters. The molecule has 2 N–H and O–H groups in total. The van der Waals surface area contributed by atoms with E-state index in [1.54, 1.807) is 6.07 Å². The summed E-state index contributed by atoms with van der Waals surface area (Å²) >= 11 is 0. The van der Waals surface area contributed by atoms with Gasteiger partial charge in [0.15, 0.2) is 0 Å². The first-order valence-electron chi connectivity index (χ1n) is 12.6. The maximum atomic E-state index is 12.5. The molecule has 1 amide bonds. The minimum atomic E-state index is -0.874. The minimum Gasteiger partial charge on any atom is -0.493 e. The van der Waals surface area contributed by atoms with Crippen molar-refractivity contribution >= 4 is 12.1 Å². The molecule has 194 valence electrons. The SMILES string of the molecule is CCCOc1ccc(-c2cccc(CC(=O)O)c2)cc1CNC(=O)OCc1ccc(-c2ccccc2)cc1. The van der Waals surface area contributed by atoms with Gasteiger partial charge in [-0.3, -0.25) is 4.79 Å². The maximum absolute atomic E-state index is 12.5. The summed E-state index contributed by atoms with van der Waals surface area (Å²) in [6.45, 7) is 2.98. The van der Waals surface area contributed by atoms with Crippen LogP contribution in [-0.4, -0.2) is 23.8 Å². The summed E-state index contributed by atoms with van der Waals surface area (Å²) in [7, 11) is 0. The molecule has 0 saturated carbocycles. The van der Waals surface area contributed by atoms with Crippen molar-refractivity contribution in [3.05, 3.63) is 114 Å². The molecule has 0 heterocycles. The maximum Gasteiger partial charge on any atom is 0.407 e. The molecule has 4 aromatic carbocycles. The lowest BCUT2D eigenvalue weighted by Gasteiger charge is -2.14. The Morgan fingerprint density at radius 2 is 1.45 bits per heavy atom. The van der Waals surface area contributed by atoms with Crippen molar-refractivity contribution in [3.8, 4) is 28.0 Å². The molecular formula is C32H31NO5. The van der Waals surface area contributed by atoms with Crippen molar-refractivity contribution in [1.82, 2.24) is 5.32 Å². The molecule has 4 rings (SSSR count). The molecule has 0 fully saturated rings. The van der Waals surface area contributed by atoms with E-state index in [-0.39, 0.29) is 19.6 Å². The van der Waals surface area contributed by atoms with Gasteiger partial charge in [-0.05, 0) is 51.9 Å². The minimum absolute atomic E-state index is 0.0409. The summed E-state index contributed by atoms with van der Waals surface area (Å²) in [5, 5.41) is 11.9. The number of carbonyl (C=O) groups excluding carboxylic acids is 1. The second-order valence-electron chi connectivity index (χ2n) is 8.93. The summed E-state index contributed by atoms with van der Waals surface area (Å²) in [5.74, 6) is -0.185. The summed E-state index contributed by atoms with van der Waals surface area (Å²) in [6, 6.07) is 31.2. The number of hydrogen-bond donors (Lipinski definition) is 2. The van der Waals surface area contributed by atoms with E-state index in [2.05, 4.69) is 17.4 Å². The third-order valence-corrected chi connectivity index (χ3v) is 5.99. The fourth-order valence-corrected chi connectivity index (χ4v) is 4.08. The molecule has 0 bridgehead atoms. The first-order chi connectivity index (χ1) is 18.5. The van der Waals surface area contributed by atoms with E-state index in [0.717, 1.165) is 45.4 Å². The van der Waals surface area contributed by atoms with Crippen molar-refractivity contribution in [3.63, 3.8) is 0 Å². The number of hydrogen-bond acceptors (Lipinski definition) is 4. The van der Waals surface area contributed by atoms with Crippen molar-refractivity contribution in [2.75, 3.05) is 6.61 Å². The van der Waals surface area contributed by atoms with Crippen LogP contribution in [0.2, 0.25) is 0 Å². The third-order valence-electron chi connectivity index (χ3n) is 5.99. The largest absolute Gasteiger partial charge is 0.493 e. The van der Waals surface area contributed by atoms with Crippen molar-refractivity contribution in [2.45, 2.75) is 32.9 Å². The van der Waals surface area contributed by atoms with Gasteiger partial charge in [-0.15, -0.1) is 0 Å². The molecule has 0 aromatic heterocycles. The average Bonchev–Trinajstić information content (AvgIpc) is 2.94. The molecule has 6 nitrogen and oxygen atoms in total. The van der Waals surface area contributed by atoms with Crippen LogP contribution in [0.25, 0.3) is 22.3 Å². The Labute approximate surface area is 222 Å². The van der Waals surface area contributed by atoms with Crippen LogP contribution in [0.15, 0.2) is 97.1 Å². The molecule has 0 saturated heterocycles. The van der Waals surface area contributed by atoms with Gasteiger partial charge in [0.05, 0.1) is 13.0 Å². The third kappa shape index (κ3) is 7.46. The first kappa shape index (κ1) is 26.5. The highest BCUT2D eigenvalue weighted by atomic mass is 16.5. The lowest BCUT2D eigenvalue weighted by atomic mass is 9.99. The summed E-state index contributed by atoms with van der Waals surface area (Å²) < 4.78 is 11.3. The number of aliphatic carboxylic acids is 1. The Hall–Kier alpha value is -4.58. The lowest BCUT2D eigenvalue weighted by Crippen LogP contribution is -2.24. The van der Waals surface area contributed by atoms with E-state index >= 15 is 0 Å². The lowest BCUT2D eigenvalue weighted by molar-refractivity contribution is -0.136. The highest BCUT2D eigenvalue weighted by Gasteiger charge is 2.11. The number of benzene rings is 4. The van der Waals surface area contributed by atoms with Crippen LogP contribution in [0.4, 0.5) is 4.79 Å². The van der Waals surface area contributed by atoms with Crippen LogP contribution in [0.1, 0.15) is 30.0 Å². The predicted octanol–water partition coefficient (Wildman–Crippen LogP) is 6.86. The van der Waals surface area contributed by atoms with E-state index in [9.17, 15) is 9.59 Å². The van der Waals surface area contributed by atoms with Gasteiger partial charge in [0.1, 0.15) is 12.4 Å². The van der Waals surface area contributed by atoms with Gasteiger partial charge >= 0.3 is 12.1 Å². The highest BCUT2D eigenvalue weighted by molar-refractivity contribution is 5.73. The van der Waals surface area contributed by atoms with Gasteiger partial charge in [-0.1, -0.05) is 91.9 Å². The molecule has 0 spiro atoms. The second kappa shape index (κ2) is 13.1. The number of ether oxygens (including phenoxy) is 2. The molecule has 0 aliphatic carbocycles. The highest BCUT2D eigenvalue weighted by Crippen LogP contribution is 2.28.